The quantitative estimate of drug-likeness (QED) is 0.880. The minimum atomic E-state index is -4.36. The fourth-order valence-corrected chi connectivity index (χ4v) is 2.91. The molecule has 0 aromatic heterocycles. The first-order chi connectivity index (χ1) is 10.0. The average molecular weight is 302 g/mol. The molecule has 0 radical (unpaired) electrons. The van der Waals surface area contributed by atoms with E-state index >= 15 is 0 Å². The van der Waals surface area contributed by atoms with Crippen molar-refractivity contribution in [3.8, 4) is 5.75 Å². The molecule has 0 bridgehead atoms. The molecule has 1 unspecified atom stereocenters. The lowest BCUT2D eigenvalue weighted by molar-refractivity contribution is -0.137. The Labute approximate surface area is 122 Å². The van der Waals surface area contributed by atoms with Gasteiger partial charge in [0.1, 0.15) is 5.75 Å². The maximum Gasteiger partial charge on any atom is 0.416 e. The van der Waals surface area contributed by atoms with E-state index in [-0.39, 0.29) is 24.9 Å². The van der Waals surface area contributed by atoms with E-state index in [9.17, 15) is 18.3 Å². The third kappa shape index (κ3) is 4.63. The number of hydrogen-bond donors (Lipinski definition) is 1. The lowest BCUT2D eigenvalue weighted by atomic mass is 9.81. The zero-order chi connectivity index (χ0) is 15.3. The largest absolute Gasteiger partial charge is 0.493 e. The first kappa shape index (κ1) is 16.1. The fraction of sp³-hybridized carbons (Fsp3) is 0.625. The minimum Gasteiger partial charge on any atom is -0.493 e. The van der Waals surface area contributed by atoms with Crippen LogP contribution in [-0.2, 0) is 6.18 Å². The number of aliphatic hydroxyl groups is 1. The van der Waals surface area contributed by atoms with Gasteiger partial charge < -0.3 is 9.84 Å². The first-order valence-electron chi connectivity index (χ1n) is 7.41. The van der Waals surface area contributed by atoms with Gasteiger partial charge in [-0.1, -0.05) is 25.3 Å². The topological polar surface area (TPSA) is 29.5 Å². The molecule has 1 atom stereocenters. The number of halogens is 3. The van der Waals surface area contributed by atoms with Gasteiger partial charge in [-0.25, -0.2) is 0 Å². The van der Waals surface area contributed by atoms with Gasteiger partial charge in [0.15, 0.2) is 0 Å². The highest BCUT2D eigenvalue weighted by Crippen LogP contribution is 2.33. The van der Waals surface area contributed by atoms with E-state index in [0.717, 1.165) is 37.8 Å². The van der Waals surface area contributed by atoms with Gasteiger partial charge in [-0.3, -0.25) is 0 Å². The summed E-state index contributed by atoms with van der Waals surface area (Å²) in [5.74, 6) is 0.619. The van der Waals surface area contributed by atoms with Crippen LogP contribution in [0.15, 0.2) is 24.3 Å². The Morgan fingerprint density at radius 3 is 2.52 bits per heavy atom. The second kappa shape index (κ2) is 7.16. The van der Waals surface area contributed by atoms with Crippen LogP contribution in [0.2, 0.25) is 0 Å². The monoisotopic (exact) mass is 302 g/mol. The molecule has 2 rings (SSSR count). The normalized spacial score (nSPS) is 18.5. The highest BCUT2D eigenvalue weighted by Gasteiger charge is 2.30. The molecule has 1 aliphatic carbocycles. The Balaban J connectivity index is 1.94. The van der Waals surface area contributed by atoms with Gasteiger partial charge >= 0.3 is 6.18 Å². The molecule has 0 amide bonds. The molecule has 1 N–H and O–H groups in total. The van der Waals surface area contributed by atoms with Crippen LogP contribution in [-0.4, -0.2) is 18.3 Å². The van der Waals surface area contributed by atoms with Crippen LogP contribution in [0.4, 0.5) is 13.2 Å². The Hall–Kier alpha value is -1.23. The van der Waals surface area contributed by atoms with Gasteiger partial charge in [0, 0.05) is 12.5 Å². The van der Waals surface area contributed by atoms with Gasteiger partial charge in [0.05, 0.1) is 12.2 Å². The van der Waals surface area contributed by atoms with E-state index in [0.29, 0.717) is 5.92 Å². The van der Waals surface area contributed by atoms with E-state index in [2.05, 4.69) is 0 Å². The van der Waals surface area contributed by atoms with E-state index < -0.39 is 11.7 Å². The van der Waals surface area contributed by atoms with Gasteiger partial charge in [-0.15, -0.1) is 0 Å². The van der Waals surface area contributed by atoms with Crippen molar-refractivity contribution >= 4 is 0 Å². The molecule has 1 aromatic carbocycles. The highest BCUT2D eigenvalue weighted by atomic mass is 19.4. The standard InChI is InChI=1S/C16H21F3O2/c17-16(18,19)14-7-4-8-15(9-14)21-11-13(10-20)12-5-2-1-3-6-12/h4,7-9,12-13,20H,1-3,5-6,10-11H2. The SMILES string of the molecule is OCC(COc1cccc(C(F)(F)F)c1)C1CCCCC1. The van der Waals surface area contributed by atoms with Crippen molar-refractivity contribution < 1.29 is 23.0 Å². The van der Waals surface area contributed by atoms with Gasteiger partial charge in [-0.05, 0) is 37.0 Å². The van der Waals surface area contributed by atoms with Gasteiger partial charge in [0.25, 0.3) is 0 Å². The third-order valence-corrected chi connectivity index (χ3v) is 4.18. The summed E-state index contributed by atoms with van der Waals surface area (Å²) in [6, 6.07) is 4.89. The third-order valence-electron chi connectivity index (χ3n) is 4.18. The molecular weight excluding hydrogens is 281 g/mol. The smallest absolute Gasteiger partial charge is 0.416 e. The summed E-state index contributed by atoms with van der Waals surface area (Å²) >= 11 is 0. The molecule has 1 fully saturated rings. The van der Waals surface area contributed by atoms with Crippen LogP contribution in [0.1, 0.15) is 37.7 Å². The van der Waals surface area contributed by atoms with Crippen molar-refractivity contribution in [2.75, 3.05) is 13.2 Å². The number of rotatable bonds is 5. The van der Waals surface area contributed by atoms with E-state index in [1.54, 1.807) is 0 Å². The maximum atomic E-state index is 12.6. The van der Waals surface area contributed by atoms with Gasteiger partial charge in [0.2, 0.25) is 0 Å². The summed E-state index contributed by atoms with van der Waals surface area (Å²) in [6.45, 7) is 0.284. The Bertz CT molecular complexity index is 439. The molecule has 1 aromatic rings. The summed E-state index contributed by atoms with van der Waals surface area (Å²) in [7, 11) is 0. The molecule has 1 aliphatic rings. The van der Waals surface area contributed by atoms with Gasteiger partial charge in [-0.2, -0.15) is 13.2 Å². The van der Waals surface area contributed by atoms with E-state index in [4.69, 9.17) is 4.74 Å². The summed E-state index contributed by atoms with van der Waals surface area (Å²) in [5, 5.41) is 9.48. The summed E-state index contributed by atoms with van der Waals surface area (Å²) < 4.78 is 43.4. The van der Waals surface area contributed by atoms with Crippen LogP contribution < -0.4 is 4.74 Å². The van der Waals surface area contributed by atoms with Crippen molar-refractivity contribution in [2.45, 2.75) is 38.3 Å². The summed E-state index contributed by atoms with van der Waals surface area (Å²) in [6.07, 6.45) is 1.31. The van der Waals surface area contributed by atoms with Crippen molar-refractivity contribution in [3.63, 3.8) is 0 Å². The number of aliphatic hydroxyl groups excluding tert-OH is 1. The van der Waals surface area contributed by atoms with Crippen molar-refractivity contribution in [1.29, 1.82) is 0 Å². The molecule has 0 aliphatic heterocycles. The molecule has 0 spiro atoms. The zero-order valence-electron chi connectivity index (χ0n) is 11.9. The van der Waals surface area contributed by atoms with Crippen LogP contribution in [0.3, 0.4) is 0 Å². The molecule has 21 heavy (non-hydrogen) atoms. The Morgan fingerprint density at radius 2 is 1.90 bits per heavy atom. The minimum absolute atomic E-state index is 0.000146. The lowest BCUT2D eigenvalue weighted by Gasteiger charge is -2.28. The molecule has 1 saturated carbocycles. The number of alkyl halides is 3. The Morgan fingerprint density at radius 1 is 1.19 bits per heavy atom. The summed E-state index contributed by atoms with van der Waals surface area (Å²) in [5.41, 5.74) is -0.710. The molecular formula is C16H21F3O2. The predicted molar refractivity (Wildman–Crippen MR) is 74.1 cm³/mol. The maximum absolute atomic E-state index is 12.6. The van der Waals surface area contributed by atoms with E-state index in [1.165, 1.54) is 18.6 Å². The molecule has 118 valence electrons. The molecule has 0 heterocycles. The number of hydrogen-bond acceptors (Lipinski definition) is 2. The van der Waals surface area contributed by atoms with E-state index in [1.807, 2.05) is 0 Å². The zero-order valence-corrected chi connectivity index (χ0v) is 11.9. The predicted octanol–water partition coefficient (Wildman–Crippen LogP) is 4.27. The molecule has 5 heteroatoms. The van der Waals surface area contributed by atoms with Crippen molar-refractivity contribution in [1.82, 2.24) is 0 Å². The van der Waals surface area contributed by atoms with Crippen LogP contribution >= 0.6 is 0 Å². The second-order valence-electron chi connectivity index (χ2n) is 5.68. The van der Waals surface area contributed by atoms with Crippen LogP contribution in [0.5, 0.6) is 5.75 Å². The van der Waals surface area contributed by atoms with Crippen molar-refractivity contribution in [3.05, 3.63) is 29.8 Å². The van der Waals surface area contributed by atoms with Crippen LogP contribution in [0, 0.1) is 11.8 Å². The van der Waals surface area contributed by atoms with Crippen molar-refractivity contribution in [2.24, 2.45) is 11.8 Å². The molecule has 0 saturated heterocycles. The summed E-state index contributed by atoms with van der Waals surface area (Å²) in [4.78, 5) is 0. The Kier molecular flexibility index (Phi) is 5.51. The first-order valence-corrected chi connectivity index (χ1v) is 7.41. The lowest BCUT2D eigenvalue weighted by Crippen LogP contribution is -2.27. The fourth-order valence-electron chi connectivity index (χ4n) is 2.91. The van der Waals surface area contributed by atoms with Crippen LogP contribution in [0.25, 0.3) is 0 Å². The number of ether oxygens (including phenoxy) is 1. The molecule has 2 nitrogen and oxygen atoms in total. The average Bonchev–Trinajstić information content (AvgIpc) is 2.48. The highest BCUT2D eigenvalue weighted by molar-refractivity contribution is 5.30. The second-order valence-corrected chi connectivity index (χ2v) is 5.68. The number of benzene rings is 1.